The maximum Gasteiger partial charge on any atom is 0.256 e. The van der Waals surface area contributed by atoms with Crippen LogP contribution in [0.1, 0.15) is 34.1 Å². The van der Waals surface area contributed by atoms with Crippen molar-refractivity contribution in [3.05, 3.63) is 107 Å². The number of para-hydroxylation sites is 1. The number of hydrogen-bond donors (Lipinski definition) is 1. The molecule has 1 amide bonds. The predicted octanol–water partition coefficient (Wildman–Crippen LogP) is 6.66. The summed E-state index contributed by atoms with van der Waals surface area (Å²) < 4.78 is 15.9. The van der Waals surface area contributed by atoms with Crippen molar-refractivity contribution >= 4 is 22.5 Å². The van der Waals surface area contributed by atoms with Crippen molar-refractivity contribution in [1.82, 2.24) is 14.8 Å². The molecule has 3 aromatic carbocycles. The molecule has 0 aliphatic heterocycles. The van der Waals surface area contributed by atoms with Crippen LogP contribution in [0.5, 0.6) is 0 Å². The van der Waals surface area contributed by atoms with Crippen LogP contribution in [0.2, 0.25) is 0 Å². The summed E-state index contributed by atoms with van der Waals surface area (Å²) in [6.07, 6.45) is 2.75. The fourth-order valence-corrected chi connectivity index (χ4v) is 4.16. The number of fused-ring (bicyclic) bond motifs is 1. The largest absolute Gasteiger partial charge is 0.322 e. The maximum atomic E-state index is 14.0. The molecule has 2 heterocycles. The van der Waals surface area contributed by atoms with Gasteiger partial charge in [0.2, 0.25) is 0 Å². The van der Waals surface area contributed by atoms with Gasteiger partial charge < -0.3 is 5.32 Å². The molecule has 5 nitrogen and oxygen atoms in total. The van der Waals surface area contributed by atoms with E-state index in [-0.39, 0.29) is 11.7 Å². The first kappa shape index (κ1) is 22.5. The van der Waals surface area contributed by atoms with Crippen LogP contribution in [0, 0.1) is 19.7 Å². The Morgan fingerprint density at radius 3 is 2.51 bits per heavy atom. The number of carbonyl (C=O) groups is 1. The van der Waals surface area contributed by atoms with Crippen LogP contribution in [0.4, 0.5) is 10.1 Å². The second kappa shape index (κ2) is 9.14. The maximum absolute atomic E-state index is 14.0. The van der Waals surface area contributed by atoms with Crippen molar-refractivity contribution in [1.29, 1.82) is 0 Å². The van der Waals surface area contributed by atoms with Crippen LogP contribution in [-0.4, -0.2) is 20.7 Å². The van der Waals surface area contributed by atoms with Crippen LogP contribution in [-0.2, 0) is 6.42 Å². The molecule has 0 saturated carbocycles. The highest BCUT2D eigenvalue weighted by Gasteiger charge is 2.18. The van der Waals surface area contributed by atoms with Crippen LogP contribution < -0.4 is 5.32 Å². The highest BCUT2D eigenvalue weighted by Crippen LogP contribution is 2.29. The summed E-state index contributed by atoms with van der Waals surface area (Å²) in [4.78, 5) is 18.1. The SMILES string of the molecule is CCc1ccc(-n2ncc(-c3cc(C(=O)Nc4ccc(C)c(F)c4)c4ccccc4n3)c2C)cc1. The van der Waals surface area contributed by atoms with Gasteiger partial charge in [0.15, 0.2) is 0 Å². The highest BCUT2D eigenvalue weighted by atomic mass is 19.1. The average Bonchev–Trinajstić information content (AvgIpc) is 3.26. The van der Waals surface area contributed by atoms with Gasteiger partial charge in [-0.3, -0.25) is 4.79 Å². The molecular formula is C29H25FN4O. The molecule has 0 aliphatic rings. The molecule has 0 saturated heterocycles. The number of amides is 1. The minimum absolute atomic E-state index is 0.326. The summed E-state index contributed by atoms with van der Waals surface area (Å²) in [5.74, 6) is -0.689. The van der Waals surface area contributed by atoms with E-state index in [1.54, 1.807) is 31.3 Å². The van der Waals surface area contributed by atoms with Gasteiger partial charge in [0.25, 0.3) is 5.91 Å². The van der Waals surface area contributed by atoms with Gasteiger partial charge in [-0.1, -0.05) is 43.3 Å². The Labute approximate surface area is 203 Å². The lowest BCUT2D eigenvalue weighted by molar-refractivity contribution is 0.102. The lowest BCUT2D eigenvalue weighted by Gasteiger charge is -2.11. The molecule has 0 spiro atoms. The van der Waals surface area contributed by atoms with Crippen LogP contribution >= 0.6 is 0 Å². The number of carbonyl (C=O) groups excluding carboxylic acids is 1. The van der Waals surface area contributed by atoms with E-state index in [0.717, 1.165) is 28.8 Å². The molecule has 2 aromatic heterocycles. The standard InChI is InChI=1S/C29H25FN4O/c1-4-20-10-13-22(14-11-20)34-19(3)25(17-31-34)28-16-24(23-7-5-6-8-27(23)33-28)29(35)32-21-12-9-18(2)26(30)15-21/h5-17H,4H2,1-3H3,(H,32,35). The van der Waals surface area contributed by atoms with Crippen molar-refractivity contribution in [3.8, 4) is 16.9 Å². The Balaban J connectivity index is 1.56. The minimum atomic E-state index is -0.363. The summed E-state index contributed by atoms with van der Waals surface area (Å²) in [6, 6.07) is 22.2. The number of rotatable bonds is 5. The summed E-state index contributed by atoms with van der Waals surface area (Å²) in [5.41, 5.74) is 6.73. The van der Waals surface area contributed by atoms with E-state index in [0.29, 0.717) is 28.0 Å². The third-order valence-electron chi connectivity index (χ3n) is 6.27. The van der Waals surface area contributed by atoms with Crippen molar-refractivity contribution in [2.75, 3.05) is 5.32 Å². The monoisotopic (exact) mass is 464 g/mol. The number of aromatic nitrogens is 3. The van der Waals surface area contributed by atoms with E-state index >= 15 is 0 Å². The topological polar surface area (TPSA) is 59.8 Å². The van der Waals surface area contributed by atoms with Gasteiger partial charge in [0.1, 0.15) is 5.82 Å². The van der Waals surface area contributed by atoms with Gasteiger partial charge in [-0.2, -0.15) is 5.10 Å². The Morgan fingerprint density at radius 2 is 1.77 bits per heavy atom. The molecule has 0 atom stereocenters. The fraction of sp³-hybridized carbons (Fsp3) is 0.138. The first-order valence-electron chi connectivity index (χ1n) is 11.6. The Hall–Kier alpha value is -4.32. The Bertz CT molecular complexity index is 1550. The zero-order chi connectivity index (χ0) is 24.5. The number of halogens is 1. The van der Waals surface area contributed by atoms with E-state index in [1.165, 1.54) is 11.6 Å². The number of nitrogens with zero attached hydrogens (tertiary/aromatic N) is 3. The van der Waals surface area contributed by atoms with Gasteiger partial charge in [0, 0.05) is 16.6 Å². The molecule has 0 bridgehead atoms. The molecule has 5 aromatic rings. The number of anilines is 1. The number of hydrogen-bond acceptors (Lipinski definition) is 3. The van der Waals surface area contributed by atoms with Gasteiger partial charge in [-0.15, -0.1) is 0 Å². The van der Waals surface area contributed by atoms with E-state index in [4.69, 9.17) is 4.98 Å². The first-order chi connectivity index (χ1) is 16.9. The number of benzene rings is 3. The van der Waals surface area contributed by atoms with Crippen molar-refractivity contribution in [2.45, 2.75) is 27.2 Å². The van der Waals surface area contributed by atoms with Gasteiger partial charge in [-0.25, -0.2) is 14.1 Å². The van der Waals surface area contributed by atoms with Crippen molar-refractivity contribution in [2.24, 2.45) is 0 Å². The average molecular weight is 465 g/mol. The van der Waals surface area contributed by atoms with Crippen molar-refractivity contribution in [3.63, 3.8) is 0 Å². The zero-order valence-electron chi connectivity index (χ0n) is 19.8. The summed E-state index contributed by atoms with van der Waals surface area (Å²) in [6.45, 7) is 5.80. The van der Waals surface area contributed by atoms with E-state index in [2.05, 4.69) is 41.6 Å². The van der Waals surface area contributed by atoms with Crippen LogP contribution in [0.25, 0.3) is 27.8 Å². The second-order valence-electron chi connectivity index (χ2n) is 8.57. The molecule has 35 heavy (non-hydrogen) atoms. The number of nitrogens with one attached hydrogen (secondary N) is 1. The smallest absolute Gasteiger partial charge is 0.256 e. The zero-order valence-corrected chi connectivity index (χ0v) is 19.8. The first-order valence-corrected chi connectivity index (χ1v) is 11.6. The second-order valence-corrected chi connectivity index (χ2v) is 8.57. The lowest BCUT2D eigenvalue weighted by Crippen LogP contribution is -2.13. The predicted molar refractivity (Wildman–Crippen MR) is 138 cm³/mol. The minimum Gasteiger partial charge on any atom is -0.322 e. The van der Waals surface area contributed by atoms with Crippen molar-refractivity contribution < 1.29 is 9.18 Å². The molecule has 0 aliphatic carbocycles. The molecular weight excluding hydrogens is 439 g/mol. The Kier molecular flexibility index (Phi) is 5.87. The van der Waals surface area contributed by atoms with E-state index in [9.17, 15) is 9.18 Å². The molecule has 6 heteroatoms. The fourth-order valence-electron chi connectivity index (χ4n) is 4.16. The Morgan fingerprint density at radius 1 is 1.00 bits per heavy atom. The molecule has 5 rings (SSSR count). The normalized spacial score (nSPS) is 11.1. The summed E-state index contributed by atoms with van der Waals surface area (Å²) in [7, 11) is 0. The quantitative estimate of drug-likeness (QED) is 0.316. The molecule has 174 valence electrons. The third-order valence-corrected chi connectivity index (χ3v) is 6.27. The number of aryl methyl sites for hydroxylation is 2. The molecule has 1 N–H and O–H groups in total. The molecule has 0 fully saturated rings. The number of pyridine rings is 1. The van der Waals surface area contributed by atoms with Gasteiger partial charge in [-0.05, 0) is 67.8 Å². The molecule has 0 unspecified atom stereocenters. The summed E-state index contributed by atoms with van der Waals surface area (Å²) >= 11 is 0. The third kappa shape index (κ3) is 4.30. The summed E-state index contributed by atoms with van der Waals surface area (Å²) in [5, 5.41) is 8.14. The molecule has 0 radical (unpaired) electrons. The van der Waals surface area contributed by atoms with Crippen LogP contribution in [0.3, 0.4) is 0 Å². The van der Waals surface area contributed by atoms with Gasteiger partial charge >= 0.3 is 0 Å². The lowest BCUT2D eigenvalue weighted by atomic mass is 10.0. The van der Waals surface area contributed by atoms with E-state index in [1.807, 2.05) is 35.9 Å². The van der Waals surface area contributed by atoms with E-state index < -0.39 is 0 Å². The highest BCUT2D eigenvalue weighted by molar-refractivity contribution is 6.13. The van der Waals surface area contributed by atoms with Crippen LogP contribution in [0.15, 0.2) is 79.0 Å². The van der Waals surface area contributed by atoms with Gasteiger partial charge in [0.05, 0.1) is 34.4 Å².